The number of hydrogen-bond donors (Lipinski definition) is 1. The van der Waals surface area contributed by atoms with Crippen LogP contribution < -0.4 is 5.73 Å². The maximum absolute atomic E-state index is 12.8. The van der Waals surface area contributed by atoms with Crippen LogP contribution in [0.1, 0.15) is 23.5 Å². The summed E-state index contributed by atoms with van der Waals surface area (Å²) < 4.78 is 25.5. The molecule has 0 amide bonds. The SMILES string of the molecule is Cc1ccc(N)cc1C1CC1(F)F. The lowest BCUT2D eigenvalue weighted by Crippen LogP contribution is -1.96. The van der Waals surface area contributed by atoms with Gasteiger partial charge in [-0.2, -0.15) is 0 Å². The van der Waals surface area contributed by atoms with E-state index in [4.69, 9.17) is 5.73 Å². The Morgan fingerprint density at radius 1 is 1.46 bits per heavy atom. The lowest BCUT2D eigenvalue weighted by atomic mass is 10.0. The van der Waals surface area contributed by atoms with Crippen molar-refractivity contribution in [3.8, 4) is 0 Å². The Labute approximate surface area is 75.6 Å². The van der Waals surface area contributed by atoms with Crippen LogP contribution in [0.3, 0.4) is 0 Å². The molecule has 1 unspecified atom stereocenters. The van der Waals surface area contributed by atoms with Crippen molar-refractivity contribution in [1.82, 2.24) is 0 Å². The van der Waals surface area contributed by atoms with Gasteiger partial charge in [-0.05, 0) is 30.2 Å². The quantitative estimate of drug-likeness (QED) is 0.665. The molecule has 70 valence electrons. The molecule has 1 atom stereocenters. The molecule has 0 spiro atoms. The van der Waals surface area contributed by atoms with Gasteiger partial charge >= 0.3 is 0 Å². The fraction of sp³-hybridized carbons (Fsp3) is 0.400. The molecule has 13 heavy (non-hydrogen) atoms. The zero-order valence-corrected chi connectivity index (χ0v) is 7.35. The van der Waals surface area contributed by atoms with E-state index in [1.165, 1.54) is 0 Å². The number of benzene rings is 1. The first-order valence-corrected chi connectivity index (χ1v) is 4.24. The molecule has 0 saturated heterocycles. The summed E-state index contributed by atoms with van der Waals surface area (Å²) in [7, 11) is 0. The minimum Gasteiger partial charge on any atom is -0.399 e. The average molecular weight is 183 g/mol. The van der Waals surface area contributed by atoms with E-state index >= 15 is 0 Å². The Morgan fingerprint density at radius 3 is 2.62 bits per heavy atom. The second kappa shape index (κ2) is 2.44. The van der Waals surface area contributed by atoms with Gasteiger partial charge in [0.1, 0.15) is 0 Å². The molecule has 0 radical (unpaired) electrons. The molecule has 1 nitrogen and oxygen atoms in total. The van der Waals surface area contributed by atoms with Crippen molar-refractivity contribution >= 4 is 5.69 Å². The Bertz CT molecular complexity index is 347. The van der Waals surface area contributed by atoms with Crippen LogP contribution in [0, 0.1) is 6.92 Å². The summed E-state index contributed by atoms with van der Waals surface area (Å²) in [4.78, 5) is 0. The molecule has 1 aromatic carbocycles. The number of nitrogens with two attached hydrogens (primary N) is 1. The lowest BCUT2D eigenvalue weighted by molar-refractivity contribution is 0.112. The predicted molar refractivity (Wildman–Crippen MR) is 47.9 cm³/mol. The first-order chi connectivity index (χ1) is 6.00. The van der Waals surface area contributed by atoms with E-state index in [-0.39, 0.29) is 6.42 Å². The van der Waals surface area contributed by atoms with Crippen LogP contribution in [-0.2, 0) is 0 Å². The second-order valence-corrected chi connectivity index (χ2v) is 3.63. The van der Waals surface area contributed by atoms with Crippen molar-refractivity contribution < 1.29 is 8.78 Å². The maximum Gasteiger partial charge on any atom is 0.255 e. The van der Waals surface area contributed by atoms with Crippen LogP contribution >= 0.6 is 0 Å². The van der Waals surface area contributed by atoms with E-state index in [0.29, 0.717) is 11.3 Å². The number of hydrogen-bond acceptors (Lipinski definition) is 1. The van der Waals surface area contributed by atoms with Gasteiger partial charge < -0.3 is 5.73 Å². The fourth-order valence-corrected chi connectivity index (χ4v) is 1.59. The number of halogens is 2. The summed E-state index contributed by atoms with van der Waals surface area (Å²) in [6.07, 6.45) is -0.0305. The van der Waals surface area contributed by atoms with Gasteiger partial charge in [0.2, 0.25) is 0 Å². The van der Waals surface area contributed by atoms with Crippen LogP contribution in [0.15, 0.2) is 18.2 Å². The highest BCUT2D eigenvalue weighted by atomic mass is 19.3. The van der Waals surface area contributed by atoms with Gasteiger partial charge in [-0.25, -0.2) is 8.78 Å². The maximum atomic E-state index is 12.8. The Balaban J connectivity index is 2.36. The van der Waals surface area contributed by atoms with Gasteiger partial charge in [0.05, 0.1) is 5.92 Å². The fourth-order valence-electron chi connectivity index (χ4n) is 1.59. The third-order valence-electron chi connectivity index (χ3n) is 2.50. The Hall–Kier alpha value is -1.12. The standard InChI is InChI=1S/C10H11F2N/c1-6-2-3-7(13)4-8(6)9-5-10(9,11)12/h2-4,9H,5,13H2,1H3. The molecule has 1 fully saturated rings. The molecule has 1 aromatic rings. The van der Waals surface area contributed by atoms with E-state index in [1.54, 1.807) is 18.2 Å². The minimum absolute atomic E-state index is 0.0305. The van der Waals surface area contributed by atoms with Crippen molar-refractivity contribution in [2.45, 2.75) is 25.2 Å². The largest absolute Gasteiger partial charge is 0.399 e. The smallest absolute Gasteiger partial charge is 0.255 e. The highest BCUT2D eigenvalue weighted by Crippen LogP contribution is 2.56. The number of nitrogen functional groups attached to an aromatic ring is 1. The number of anilines is 1. The van der Waals surface area contributed by atoms with E-state index in [9.17, 15) is 8.78 Å². The van der Waals surface area contributed by atoms with Crippen molar-refractivity contribution in [2.75, 3.05) is 5.73 Å². The van der Waals surface area contributed by atoms with Crippen LogP contribution in [0.5, 0.6) is 0 Å². The molecule has 0 bridgehead atoms. The van der Waals surface area contributed by atoms with Gasteiger partial charge in [-0.1, -0.05) is 6.07 Å². The second-order valence-electron chi connectivity index (χ2n) is 3.63. The zero-order chi connectivity index (χ0) is 9.64. The van der Waals surface area contributed by atoms with E-state index < -0.39 is 11.8 Å². The van der Waals surface area contributed by atoms with Gasteiger partial charge in [-0.3, -0.25) is 0 Å². The van der Waals surface area contributed by atoms with E-state index in [2.05, 4.69) is 0 Å². The summed E-state index contributed by atoms with van der Waals surface area (Å²) in [6.45, 7) is 1.84. The predicted octanol–water partition coefficient (Wildman–Crippen LogP) is 2.70. The molecule has 0 heterocycles. The third kappa shape index (κ3) is 1.39. The monoisotopic (exact) mass is 183 g/mol. The highest BCUT2D eigenvalue weighted by Gasteiger charge is 2.57. The van der Waals surface area contributed by atoms with Gasteiger partial charge in [0.15, 0.2) is 0 Å². The van der Waals surface area contributed by atoms with Crippen molar-refractivity contribution in [2.24, 2.45) is 0 Å². The minimum atomic E-state index is -2.50. The molecular weight excluding hydrogens is 172 g/mol. The normalized spacial score (nSPS) is 24.4. The van der Waals surface area contributed by atoms with E-state index in [1.807, 2.05) is 6.92 Å². The summed E-state index contributed by atoms with van der Waals surface area (Å²) in [5.74, 6) is -3.10. The molecule has 1 aliphatic rings. The average Bonchev–Trinajstić information content (AvgIpc) is 2.65. The molecular formula is C10H11F2N. The zero-order valence-electron chi connectivity index (χ0n) is 7.35. The molecule has 3 heteroatoms. The van der Waals surface area contributed by atoms with Crippen molar-refractivity contribution in [3.63, 3.8) is 0 Å². The first kappa shape index (κ1) is 8.48. The number of aryl methyl sites for hydroxylation is 1. The summed E-state index contributed by atoms with van der Waals surface area (Å²) >= 11 is 0. The van der Waals surface area contributed by atoms with Crippen molar-refractivity contribution in [3.05, 3.63) is 29.3 Å². The topological polar surface area (TPSA) is 26.0 Å². The number of alkyl halides is 2. The lowest BCUT2D eigenvalue weighted by Gasteiger charge is -2.05. The molecule has 0 aromatic heterocycles. The van der Waals surface area contributed by atoms with Gasteiger partial charge in [0, 0.05) is 12.1 Å². The van der Waals surface area contributed by atoms with Crippen LogP contribution in [0.25, 0.3) is 0 Å². The van der Waals surface area contributed by atoms with Crippen LogP contribution in [0.4, 0.5) is 14.5 Å². The summed E-state index contributed by atoms with van der Waals surface area (Å²) in [5.41, 5.74) is 7.69. The van der Waals surface area contributed by atoms with Crippen molar-refractivity contribution in [1.29, 1.82) is 0 Å². The Kier molecular flexibility index (Phi) is 1.59. The molecule has 1 aliphatic carbocycles. The number of rotatable bonds is 1. The van der Waals surface area contributed by atoms with Gasteiger partial charge in [-0.15, -0.1) is 0 Å². The highest BCUT2D eigenvalue weighted by molar-refractivity contribution is 5.48. The molecule has 2 N–H and O–H groups in total. The summed E-state index contributed by atoms with van der Waals surface area (Å²) in [6, 6.07) is 5.18. The van der Waals surface area contributed by atoms with Crippen LogP contribution in [0.2, 0.25) is 0 Å². The molecule has 2 rings (SSSR count). The first-order valence-electron chi connectivity index (χ1n) is 4.24. The van der Waals surface area contributed by atoms with E-state index in [0.717, 1.165) is 5.56 Å². The molecule has 0 aliphatic heterocycles. The van der Waals surface area contributed by atoms with Crippen LogP contribution in [-0.4, -0.2) is 5.92 Å². The Morgan fingerprint density at radius 2 is 2.08 bits per heavy atom. The molecule has 1 saturated carbocycles. The third-order valence-corrected chi connectivity index (χ3v) is 2.50. The van der Waals surface area contributed by atoms with Gasteiger partial charge in [0.25, 0.3) is 5.92 Å². The summed E-state index contributed by atoms with van der Waals surface area (Å²) in [5, 5.41) is 0.